The van der Waals surface area contributed by atoms with Crippen molar-refractivity contribution in [2.24, 2.45) is 0 Å². The molecule has 4 rings (SSSR count). The van der Waals surface area contributed by atoms with Crippen LogP contribution in [0.4, 0.5) is 15.2 Å². The topological polar surface area (TPSA) is 57.3 Å². The predicted molar refractivity (Wildman–Crippen MR) is 112 cm³/mol. The van der Waals surface area contributed by atoms with Crippen molar-refractivity contribution >= 4 is 38.3 Å². The molecule has 0 aliphatic carbocycles. The maximum atomic E-state index is 14.8. The number of anilines is 2. The number of piperazine rings is 1. The number of thiazole rings is 1. The number of carbonyl (C=O) groups excluding carboxylic acids is 1. The molecule has 1 aliphatic heterocycles. The van der Waals surface area contributed by atoms with E-state index in [-0.39, 0.29) is 5.56 Å². The normalized spacial score (nSPS) is 14.1. The van der Waals surface area contributed by atoms with Crippen molar-refractivity contribution in [3.63, 3.8) is 0 Å². The van der Waals surface area contributed by atoms with Gasteiger partial charge in [-0.3, -0.25) is 10.1 Å². The van der Waals surface area contributed by atoms with Crippen molar-refractivity contribution < 1.29 is 9.18 Å². The minimum absolute atomic E-state index is 0.0373. The molecule has 1 saturated heterocycles. The van der Waals surface area contributed by atoms with E-state index in [2.05, 4.69) is 26.4 Å². The summed E-state index contributed by atoms with van der Waals surface area (Å²) in [5.41, 5.74) is 2.76. The first kappa shape index (κ1) is 18.4. The van der Waals surface area contributed by atoms with Gasteiger partial charge in [-0.05, 0) is 36.8 Å². The molecule has 0 atom stereocenters. The molecule has 2 heterocycles. The molecule has 0 saturated carbocycles. The van der Waals surface area contributed by atoms with Crippen LogP contribution in [-0.4, -0.2) is 37.1 Å². The molecule has 1 aromatic heterocycles. The van der Waals surface area contributed by atoms with Crippen LogP contribution in [0.5, 0.6) is 0 Å². The van der Waals surface area contributed by atoms with Crippen LogP contribution >= 0.6 is 11.3 Å². The fourth-order valence-electron chi connectivity index (χ4n) is 3.40. The number of aromatic nitrogens is 1. The summed E-state index contributed by atoms with van der Waals surface area (Å²) >= 11 is 1.31. The van der Waals surface area contributed by atoms with Crippen molar-refractivity contribution in [3.8, 4) is 12.3 Å². The molecule has 5 nitrogen and oxygen atoms in total. The first-order valence-corrected chi connectivity index (χ1v) is 9.82. The lowest BCUT2D eigenvalue weighted by Crippen LogP contribution is -2.43. The Hall–Kier alpha value is -2.95. The van der Waals surface area contributed by atoms with Crippen LogP contribution in [0, 0.1) is 25.1 Å². The number of para-hydroxylation sites is 1. The highest BCUT2D eigenvalue weighted by Gasteiger charge is 2.20. The van der Waals surface area contributed by atoms with Crippen LogP contribution in [0.1, 0.15) is 21.5 Å². The number of rotatable bonds is 3. The van der Waals surface area contributed by atoms with Crippen molar-refractivity contribution in [2.45, 2.75) is 6.92 Å². The minimum atomic E-state index is -0.531. The van der Waals surface area contributed by atoms with Crippen LogP contribution in [0.15, 0.2) is 30.3 Å². The van der Waals surface area contributed by atoms with Crippen LogP contribution in [0.3, 0.4) is 0 Å². The molecule has 2 aromatic carbocycles. The molecule has 142 valence electrons. The molecule has 0 bridgehead atoms. The van der Waals surface area contributed by atoms with Gasteiger partial charge < -0.3 is 10.2 Å². The number of fused-ring (bicyclic) bond motifs is 1. The lowest BCUT2D eigenvalue weighted by molar-refractivity contribution is 0.102. The highest BCUT2D eigenvalue weighted by molar-refractivity contribution is 7.22. The van der Waals surface area contributed by atoms with Gasteiger partial charge in [-0.2, -0.15) is 0 Å². The Morgan fingerprint density at radius 3 is 2.86 bits per heavy atom. The second kappa shape index (κ2) is 7.58. The summed E-state index contributed by atoms with van der Waals surface area (Å²) in [6.07, 6.45) is 5.50. The molecule has 0 unspecified atom stereocenters. The van der Waals surface area contributed by atoms with Gasteiger partial charge in [0.1, 0.15) is 5.82 Å². The average Bonchev–Trinajstić information content (AvgIpc) is 3.10. The van der Waals surface area contributed by atoms with Gasteiger partial charge in [0, 0.05) is 31.9 Å². The summed E-state index contributed by atoms with van der Waals surface area (Å²) in [4.78, 5) is 19.2. The Morgan fingerprint density at radius 2 is 2.14 bits per heavy atom. The van der Waals surface area contributed by atoms with Gasteiger partial charge in [0.25, 0.3) is 5.91 Å². The van der Waals surface area contributed by atoms with E-state index in [1.807, 2.05) is 18.2 Å². The van der Waals surface area contributed by atoms with Crippen LogP contribution < -0.4 is 15.5 Å². The van der Waals surface area contributed by atoms with Gasteiger partial charge >= 0.3 is 0 Å². The largest absolute Gasteiger partial charge is 0.369 e. The fourth-order valence-corrected chi connectivity index (χ4v) is 4.29. The zero-order valence-electron chi connectivity index (χ0n) is 15.4. The number of benzene rings is 2. The van der Waals surface area contributed by atoms with Crippen LogP contribution in [0.2, 0.25) is 0 Å². The summed E-state index contributed by atoms with van der Waals surface area (Å²) in [5.74, 6) is 1.54. The van der Waals surface area contributed by atoms with Crippen molar-refractivity contribution in [2.75, 3.05) is 36.4 Å². The van der Waals surface area contributed by atoms with Crippen LogP contribution in [-0.2, 0) is 0 Å². The van der Waals surface area contributed by atoms with Gasteiger partial charge in [-0.25, -0.2) is 9.37 Å². The fraction of sp³-hybridized carbons (Fsp3) is 0.238. The van der Waals surface area contributed by atoms with Gasteiger partial charge in [-0.1, -0.05) is 23.3 Å². The first-order valence-electron chi connectivity index (χ1n) is 9.00. The summed E-state index contributed by atoms with van der Waals surface area (Å²) in [6.45, 7) is 5.10. The molecule has 28 heavy (non-hydrogen) atoms. The quantitative estimate of drug-likeness (QED) is 0.669. The number of nitrogens with one attached hydrogen (secondary N) is 2. The monoisotopic (exact) mass is 394 g/mol. The third kappa shape index (κ3) is 3.44. The third-order valence-corrected chi connectivity index (χ3v) is 5.71. The van der Waals surface area contributed by atoms with Crippen molar-refractivity contribution in [3.05, 3.63) is 52.8 Å². The minimum Gasteiger partial charge on any atom is -0.369 e. The highest BCUT2D eigenvalue weighted by atomic mass is 32.1. The summed E-state index contributed by atoms with van der Waals surface area (Å²) < 4.78 is 15.7. The summed E-state index contributed by atoms with van der Waals surface area (Å²) in [7, 11) is 0. The lowest BCUT2D eigenvalue weighted by Gasteiger charge is -2.30. The lowest BCUT2D eigenvalue weighted by atomic mass is 10.1. The molecule has 3 aromatic rings. The Labute approximate surface area is 166 Å². The number of terminal acetylenes is 1. The number of amides is 1. The number of nitrogens with zero attached hydrogens (tertiary/aromatic N) is 2. The zero-order chi connectivity index (χ0) is 19.7. The average molecular weight is 394 g/mol. The number of carbonyl (C=O) groups is 1. The molecular weight excluding hydrogens is 375 g/mol. The van der Waals surface area contributed by atoms with E-state index in [0.29, 0.717) is 21.8 Å². The van der Waals surface area contributed by atoms with Crippen molar-refractivity contribution in [1.82, 2.24) is 10.3 Å². The van der Waals surface area contributed by atoms with Gasteiger partial charge in [0.15, 0.2) is 5.13 Å². The second-order valence-corrected chi connectivity index (χ2v) is 7.66. The van der Waals surface area contributed by atoms with Crippen LogP contribution in [0.25, 0.3) is 10.2 Å². The molecule has 0 spiro atoms. The Kier molecular flexibility index (Phi) is 4.99. The number of aryl methyl sites for hydroxylation is 1. The molecule has 1 aliphatic rings. The standard InChI is InChI=1S/C21H19FN4OS/c1-3-14-5-4-6-17-19(14)24-21(28-17)25-20(27)18-13(2)11-15(12-16(18)22)26-9-7-23-8-10-26/h1,4-6,11-12,23H,7-10H2,2H3,(H,24,25,27). The molecular formula is C21H19FN4OS. The van der Waals surface area contributed by atoms with E-state index in [1.165, 1.54) is 17.4 Å². The van der Waals surface area contributed by atoms with E-state index < -0.39 is 11.7 Å². The first-order chi connectivity index (χ1) is 13.6. The molecule has 0 radical (unpaired) electrons. The van der Waals surface area contributed by atoms with Gasteiger partial charge in [0.05, 0.1) is 21.3 Å². The van der Waals surface area contributed by atoms with Gasteiger partial charge in [0.2, 0.25) is 0 Å². The van der Waals surface area contributed by atoms with Gasteiger partial charge in [-0.15, -0.1) is 6.42 Å². The Bertz CT molecular complexity index is 1070. The van der Waals surface area contributed by atoms with E-state index in [9.17, 15) is 9.18 Å². The smallest absolute Gasteiger partial charge is 0.260 e. The Morgan fingerprint density at radius 1 is 1.36 bits per heavy atom. The molecule has 1 fully saturated rings. The predicted octanol–water partition coefficient (Wildman–Crippen LogP) is 3.39. The summed E-state index contributed by atoms with van der Waals surface area (Å²) in [5, 5.41) is 6.38. The highest BCUT2D eigenvalue weighted by Crippen LogP contribution is 2.29. The third-order valence-electron chi connectivity index (χ3n) is 4.78. The molecule has 1 amide bonds. The number of hydrogen-bond acceptors (Lipinski definition) is 5. The Balaban J connectivity index is 1.60. The van der Waals surface area contributed by atoms with E-state index >= 15 is 0 Å². The maximum Gasteiger partial charge on any atom is 0.260 e. The number of hydrogen-bond donors (Lipinski definition) is 2. The maximum absolute atomic E-state index is 14.8. The van der Waals surface area contributed by atoms with E-state index in [0.717, 1.165) is 36.6 Å². The zero-order valence-corrected chi connectivity index (χ0v) is 16.2. The van der Waals surface area contributed by atoms with E-state index in [4.69, 9.17) is 6.42 Å². The molecule has 7 heteroatoms. The van der Waals surface area contributed by atoms with E-state index in [1.54, 1.807) is 13.0 Å². The second-order valence-electron chi connectivity index (χ2n) is 6.63. The summed E-state index contributed by atoms with van der Waals surface area (Å²) in [6, 6.07) is 8.82. The van der Waals surface area contributed by atoms with Crippen molar-refractivity contribution in [1.29, 1.82) is 0 Å². The molecule has 2 N–H and O–H groups in total. The number of halogens is 1. The SMILES string of the molecule is C#Cc1cccc2sc(NC(=O)c3c(C)cc(N4CCNCC4)cc3F)nc12.